The van der Waals surface area contributed by atoms with Gasteiger partial charge in [-0.3, -0.25) is 4.79 Å². The third kappa shape index (κ3) is 4.32. The number of ether oxygens (including phenoxy) is 1. The van der Waals surface area contributed by atoms with Crippen LogP contribution in [0.4, 0.5) is 0 Å². The summed E-state index contributed by atoms with van der Waals surface area (Å²) >= 11 is 0. The third-order valence-corrected chi connectivity index (χ3v) is 6.17. The molecule has 0 bridgehead atoms. The second-order valence-corrected chi connectivity index (χ2v) is 9.61. The molecular weight excluding hydrogens is 386 g/mol. The van der Waals surface area contributed by atoms with Gasteiger partial charge in [0.05, 0.1) is 17.6 Å². The van der Waals surface area contributed by atoms with Crippen molar-refractivity contribution in [1.82, 2.24) is 14.5 Å². The summed E-state index contributed by atoms with van der Waals surface area (Å²) < 4.78 is 8.43. The summed E-state index contributed by atoms with van der Waals surface area (Å²) in [7, 11) is 0. The Morgan fingerprint density at radius 3 is 2.45 bits per heavy atom. The molecule has 31 heavy (non-hydrogen) atoms. The van der Waals surface area contributed by atoms with Crippen LogP contribution < -0.4 is 4.74 Å². The fourth-order valence-electron chi connectivity index (χ4n) is 4.59. The van der Waals surface area contributed by atoms with Gasteiger partial charge >= 0.3 is 0 Å². The maximum atomic E-state index is 12.7. The Balaban J connectivity index is 1.53. The van der Waals surface area contributed by atoms with Crippen LogP contribution in [0.15, 0.2) is 42.5 Å². The first-order valence-electron chi connectivity index (χ1n) is 11.2. The van der Waals surface area contributed by atoms with Gasteiger partial charge in [-0.25, -0.2) is 4.98 Å². The number of rotatable bonds is 6. The molecule has 5 nitrogen and oxygen atoms in total. The van der Waals surface area contributed by atoms with E-state index in [1.54, 1.807) is 0 Å². The van der Waals surface area contributed by atoms with Gasteiger partial charge in [0.15, 0.2) is 0 Å². The molecule has 164 valence electrons. The van der Waals surface area contributed by atoms with E-state index in [1.165, 1.54) is 11.1 Å². The molecule has 1 aliphatic rings. The van der Waals surface area contributed by atoms with Crippen molar-refractivity contribution in [1.29, 1.82) is 0 Å². The molecule has 0 spiro atoms. The number of para-hydroxylation sites is 3. The van der Waals surface area contributed by atoms with Crippen molar-refractivity contribution in [2.24, 2.45) is 0 Å². The highest BCUT2D eigenvalue weighted by molar-refractivity contribution is 5.81. The molecule has 5 heteroatoms. The lowest BCUT2D eigenvalue weighted by Crippen LogP contribution is -2.42. The summed E-state index contributed by atoms with van der Waals surface area (Å²) in [6.45, 7) is 12.7. The molecule has 2 heterocycles. The predicted octanol–water partition coefficient (Wildman–Crippen LogP) is 5.24. The topological polar surface area (TPSA) is 47.4 Å². The third-order valence-electron chi connectivity index (χ3n) is 6.17. The van der Waals surface area contributed by atoms with E-state index < -0.39 is 0 Å². The molecule has 0 radical (unpaired) electrons. The number of imidazole rings is 1. The summed E-state index contributed by atoms with van der Waals surface area (Å²) in [6.07, 6.45) is 1.41. The van der Waals surface area contributed by atoms with Crippen LogP contribution in [-0.2, 0) is 11.3 Å². The van der Waals surface area contributed by atoms with Gasteiger partial charge in [-0.1, -0.05) is 30.3 Å². The van der Waals surface area contributed by atoms with Crippen LogP contribution in [0.3, 0.4) is 0 Å². The minimum atomic E-state index is -0.165. The Labute approximate surface area is 185 Å². The average molecular weight is 420 g/mol. The standard InChI is InChI=1S/C26H33N3O2/c1-18-10-8-11-19(2)24(18)31-15-9-14-28-22-13-7-6-12-21(22)27-25(28)20-16-23(30)29(17-20)26(3,4)5/h6-8,10-13,20H,9,14-17H2,1-5H3. The van der Waals surface area contributed by atoms with E-state index in [0.717, 1.165) is 42.1 Å². The van der Waals surface area contributed by atoms with Crippen LogP contribution in [-0.4, -0.2) is 39.0 Å². The smallest absolute Gasteiger partial charge is 0.223 e. The van der Waals surface area contributed by atoms with Gasteiger partial charge in [0, 0.05) is 31.0 Å². The van der Waals surface area contributed by atoms with E-state index in [0.29, 0.717) is 13.0 Å². The monoisotopic (exact) mass is 419 g/mol. The highest BCUT2D eigenvalue weighted by atomic mass is 16.5. The van der Waals surface area contributed by atoms with E-state index in [9.17, 15) is 4.79 Å². The minimum Gasteiger partial charge on any atom is -0.493 e. The van der Waals surface area contributed by atoms with Crippen LogP contribution in [0.25, 0.3) is 11.0 Å². The van der Waals surface area contributed by atoms with Crippen LogP contribution in [0.1, 0.15) is 56.5 Å². The van der Waals surface area contributed by atoms with Gasteiger partial charge < -0.3 is 14.2 Å². The van der Waals surface area contributed by atoms with Crippen molar-refractivity contribution in [2.45, 2.75) is 65.5 Å². The number of fused-ring (bicyclic) bond motifs is 1. The number of carbonyl (C=O) groups is 1. The maximum absolute atomic E-state index is 12.7. The largest absolute Gasteiger partial charge is 0.493 e. The summed E-state index contributed by atoms with van der Waals surface area (Å²) in [5, 5.41) is 0. The first-order valence-corrected chi connectivity index (χ1v) is 11.2. The summed E-state index contributed by atoms with van der Waals surface area (Å²) in [6, 6.07) is 14.5. The van der Waals surface area contributed by atoms with Crippen molar-refractivity contribution in [2.75, 3.05) is 13.2 Å². The SMILES string of the molecule is Cc1cccc(C)c1OCCCn1c(C2CC(=O)N(C(C)(C)C)C2)nc2ccccc21. The Hall–Kier alpha value is -2.82. The van der Waals surface area contributed by atoms with Gasteiger partial charge in [0.2, 0.25) is 5.91 Å². The Morgan fingerprint density at radius 1 is 1.06 bits per heavy atom. The first kappa shape index (κ1) is 21.4. The zero-order chi connectivity index (χ0) is 22.2. The van der Waals surface area contributed by atoms with E-state index >= 15 is 0 Å². The van der Waals surface area contributed by atoms with Gasteiger partial charge in [-0.15, -0.1) is 0 Å². The van der Waals surface area contributed by atoms with Crippen LogP contribution in [0.2, 0.25) is 0 Å². The molecular formula is C26H33N3O2. The lowest BCUT2D eigenvalue weighted by Gasteiger charge is -2.32. The van der Waals surface area contributed by atoms with Crippen molar-refractivity contribution >= 4 is 16.9 Å². The number of aryl methyl sites for hydroxylation is 3. The van der Waals surface area contributed by atoms with Crippen molar-refractivity contribution in [3.63, 3.8) is 0 Å². The summed E-state index contributed by atoms with van der Waals surface area (Å²) in [5.41, 5.74) is 4.30. The highest BCUT2D eigenvalue weighted by Gasteiger charge is 2.38. The Morgan fingerprint density at radius 2 is 1.77 bits per heavy atom. The number of hydrogen-bond acceptors (Lipinski definition) is 3. The number of aromatic nitrogens is 2. The molecule has 2 aromatic carbocycles. The zero-order valence-corrected chi connectivity index (χ0v) is 19.3. The lowest BCUT2D eigenvalue weighted by atomic mass is 10.1. The predicted molar refractivity (Wildman–Crippen MR) is 125 cm³/mol. The molecule has 3 aromatic rings. The van der Waals surface area contributed by atoms with Crippen LogP contribution in [0.5, 0.6) is 5.75 Å². The fraction of sp³-hybridized carbons (Fsp3) is 0.462. The van der Waals surface area contributed by atoms with Crippen molar-refractivity contribution in [3.8, 4) is 5.75 Å². The number of likely N-dealkylation sites (tertiary alicyclic amines) is 1. The van der Waals surface area contributed by atoms with Crippen LogP contribution >= 0.6 is 0 Å². The number of amides is 1. The van der Waals surface area contributed by atoms with E-state index in [2.05, 4.69) is 75.6 Å². The highest BCUT2D eigenvalue weighted by Crippen LogP contribution is 2.34. The first-order chi connectivity index (χ1) is 14.8. The molecule has 1 aromatic heterocycles. The molecule has 1 atom stereocenters. The summed E-state index contributed by atoms with van der Waals surface area (Å²) in [5.74, 6) is 2.35. The normalized spacial score (nSPS) is 17.0. The summed E-state index contributed by atoms with van der Waals surface area (Å²) in [4.78, 5) is 19.6. The van der Waals surface area contributed by atoms with E-state index in [-0.39, 0.29) is 17.4 Å². The molecule has 0 N–H and O–H groups in total. The van der Waals surface area contributed by atoms with E-state index in [4.69, 9.17) is 9.72 Å². The molecule has 1 saturated heterocycles. The Bertz CT molecular complexity index is 1070. The molecule has 1 amide bonds. The molecule has 1 unspecified atom stereocenters. The minimum absolute atomic E-state index is 0.124. The zero-order valence-electron chi connectivity index (χ0n) is 19.3. The molecule has 4 rings (SSSR count). The number of carbonyl (C=O) groups excluding carboxylic acids is 1. The van der Waals surface area contributed by atoms with Gasteiger partial charge in [0.25, 0.3) is 0 Å². The van der Waals surface area contributed by atoms with Crippen molar-refractivity contribution in [3.05, 3.63) is 59.4 Å². The molecule has 1 aliphatic heterocycles. The number of nitrogens with zero attached hydrogens (tertiary/aromatic N) is 3. The Kier molecular flexibility index (Phi) is 5.78. The van der Waals surface area contributed by atoms with E-state index in [1.807, 2.05) is 11.0 Å². The van der Waals surface area contributed by atoms with Gasteiger partial charge in [-0.05, 0) is 64.3 Å². The molecule has 0 saturated carbocycles. The van der Waals surface area contributed by atoms with Crippen molar-refractivity contribution < 1.29 is 9.53 Å². The fourth-order valence-corrected chi connectivity index (χ4v) is 4.59. The van der Waals surface area contributed by atoms with Gasteiger partial charge in [-0.2, -0.15) is 0 Å². The number of benzene rings is 2. The van der Waals surface area contributed by atoms with Crippen LogP contribution in [0, 0.1) is 13.8 Å². The number of hydrogen-bond donors (Lipinski definition) is 0. The second-order valence-electron chi connectivity index (χ2n) is 9.61. The second kappa shape index (κ2) is 8.37. The maximum Gasteiger partial charge on any atom is 0.223 e. The molecule has 0 aliphatic carbocycles. The quantitative estimate of drug-likeness (QED) is 0.514. The average Bonchev–Trinajstić information content (AvgIpc) is 3.27. The lowest BCUT2D eigenvalue weighted by molar-refractivity contribution is -0.131. The van der Waals surface area contributed by atoms with Gasteiger partial charge in [0.1, 0.15) is 11.6 Å². The molecule has 1 fully saturated rings.